The Labute approximate surface area is 93.3 Å². The smallest absolute Gasteiger partial charge is 0.171 e. The molecule has 1 spiro atoms. The monoisotopic (exact) mass is 212 g/mol. The van der Waals surface area contributed by atoms with E-state index in [1.165, 1.54) is 32.1 Å². The molecule has 2 nitrogen and oxygen atoms in total. The molecule has 0 radical (unpaired) electrons. The molecule has 88 valence electrons. The van der Waals surface area contributed by atoms with E-state index < -0.39 is 0 Å². The minimum Gasteiger partial charge on any atom is -0.347 e. The van der Waals surface area contributed by atoms with Crippen molar-refractivity contribution in [2.75, 3.05) is 13.2 Å². The van der Waals surface area contributed by atoms with E-state index in [2.05, 4.69) is 13.8 Å². The Morgan fingerprint density at radius 1 is 1.20 bits per heavy atom. The molecule has 0 amide bonds. The van der Waals surface area contributed by atoms with Gasteiger partial charge in [0.2, 0.25) is 0 Å². The van der Waals surface area contributed by atoms with Crippen molar-refractivity contribution in [3.63, 3.8) is 0 Å². The van der Waals surface area contributed by atoms with Crippen LogP contribution in [0, 0.1) is 11.8 Å². The van der Waals surface area contributed by atoms with E-state index in [0.29, 0.717) is 5.92 Å². The second-order valence-electron chi connectivity index (χ2n) is 5.13. The predicted molar refractivity (Wildman–Crippen MR) is 60.7 cm³/mol. The zero-order chi connectivity index (χ0) is 10.7. The quantitative estimate of drug-likeness (QED) is 0.665. The lowest BCUT2D eigenvalue weighted by atomic mass is 9.89. The van der Waals surface area contributed by atoms with Crippen molar-refractivity contribution in [1.82, 2.24) is 0 Å². The van der Waals surface area contributed by atoms with Gasteiger partial charge in [-0.25, -0.2) is 0 Å². The Kier molecular flexibility index (Phi) is 3.68. The largest absolute Gasteiger partial charge is 0.347 e. The summed E-state index contributed by atoms with van der Waals surface area (Å²) >= 11 is 0. The molecule has 0 unspecified atom stereocenters. The summed E-state index contributed by atoms with van der Waals surface area (Å²) < 4.78 is 11.8. The van der Waals surface area contributed by atoms with Crippen LogP contribution in [0.5, 0.6) is 0 Å². The van der Waals surface area contributed by atoms with E-state index >= 15 is 0 Å². The van der Waals surface area contributed by atoms with Gasteiger partial charge in [0.1, 0.15) is 0 Å². The molecule has 1 aliphatic heterocycles. The zero-order valence-corrected chi connectivity index (χ0v) is 10.1. The molecule has 2 heteroatoms. The maximum atomic E-state index is 5.89. The van der Waals surface area contributed by atoms with Crippen LogP contribution < -0.4 is 0 Å². The van der Waals surface area contributed by atoms with Gasteiger partial charge in [-0.1, -0.05) is 33.1 Å². The van der Waals surface area contributed by atoms with E-state index in [-0.39, 0.29) is 5.79 Å². The normalized spacial score (nSPS) is 34.0. The molecule has 0 aromatic rings. The Balaban J connectivity index is 1.92. The number of ether oxygens (including phenoxy) is 2. The highest BCUT2D eigenvalue weighted by atomic mass is 16.7. The number of hydrogen-bond donors (Lipinski definition) is 0. The number of hydrogen-bond acceptors (Lipinski definition) is 2. The minimum atomic E-state index is -0.173. The highest BCUT2D eigenvalue weighted by Gasteiger charge is 2.50. The molecule has 0 aromatic carbocycles. The van der Waals surface area contributed by atoms with Gasteiger partial charge in [-0.15, -0.1) is 0 Å². The van der Waals surface area contributed by atoms with Crippen LogP contribution in [0.15, 0.2) is 0 Å². The molecule has 1 heterocycles. The van der Waals surface area contributed by atoms with Crippen LogP contribution in [0.1, 0.15) is 52.4 Å². The average molecular weight is 212 g/mol. The average Bonchev–Trinajstić information content (AvgIpc) is 2.81. The van der Waals surface area contributed by atoms with Gasteiger partial charge >= 0.3 is 0 Å². The van der Waals surface area contributed by atoms with E-state index in [4.69, 9.17) is 9.47 Å². The standard InChI is InChI=1S/C13H24O2/c1-3-4-5-6-12-11(2)7-8-13(12)14-9-10-15-13/h11-12H,3-10H2,1-2H3/t11-,12+/m1/s1. The van der Waals surface area contributed by atoms with Crippen LogP contribution >= 0.6 is 0 Å². The number of unbranched alkanes of at least 4 members (excludes halogenated alkanes) is 2. The van der Waals surface area contributed by atoms with Crippen molar-refractivity contribution >= 4 is 0 Å². The van der Waals surface area contributed by atoms with Gasteiger partial charge < -0.3 is 9.47 Å². The lowest BCUT2D eigenvalue weighted by molar-refractivity contribution is -0.187. The van der Waals surface area contributed by atoms with Gasteiger partial charge in [0.05, 0.1) is 13.2 Å². The van der Waals surface area contributed by atoms with Crippen LogP contribution in [0.3, 0.4) is 0 Å². The molecule has 2 fully saturated rings. The van der Waals surface area contributed by atoms with Crippen LogP contribution in [-0.2, 0) is 9.47 Å². The Morgan fingerprint density at radius 2 is 1.93 bits per heavy atom. The van der Waals surface area contributed by atoms with E-state index in [1.54, 1.807) is 0 Å². The minimum absolute atomic E-state index is 0.173. The Bertz CT molecular complexity index is 197. The third kappa shape index (κ3) is 2.21. The first-order valence-electron chi connectivity index (χ1n) is 6.56. The maximum absolute atomic E-state index is 5.89. The van der Waals surface area contributed by atoms with Crippen molar-refractivity contribution in [2.24, 2.45) is 11.8 Å². The van der Waals surface area contributed by atoms with Gasteiger partial charge in [-0.05, 0) is 18.8 Å². The first-order valence-corrected chi connectivity index (χ1v) is 6.56. The van der Waals surface area contributed by atoms with E-state index in [1.807, 2.05) is 0 Å². The van der Waals surface area contributed by atoms with Crippen LogP contribution in [0.2, 0.25) is 0 Å². The summed E-state index contributed by atoms with van der Waals surface area (Å²) in [4.78, 5) is 0. The second-order valence-corrected chi connectivity index (χ2v) is 5.13. The first-order chi connectivity index (χ1) is 7.28. The second kappa shape index (κ2) is 4.84. The number of rotatable bonds is 4. The lowest BCUT2D eigenvalue weighted by Crippen LogP contribution is -2.36. The van der Waals surface area contributed by atoms with Crippen molar-refractivity contribution in [3.05, 3.63) is 0 Å². The Morgan fingerprint density at radius 3 is 2.60 bits per heavy atom. The lowest BCUT2D eigenvalue weighted by Gasteiger charge is -2.31. The molecule has 2 rings (SSSR count). The summed E-state index contributed by atoms with van der Waals surface area (Å²) in [6.45, 7) is 6.22. The third-order valence-corrected chi connectivity index (χ3v) is 4.09. The van der Waals surface area contributed by atoms with Gasteiger partial charge in [-0.2, -0.15) is 0 Å². The van der Waals surface area contributed by atoms with Gasteiger partial charge in [0.25, 0.3) is 0 Å². The highest BCUT2D eigenvalue weighted by Crippen LogP contribution is 2.47. The molecule has 2 aliphatic rings. The molecule has 15 heavy (non-hydrogen) atoms. The zero-order valence-electron chi connectivity index (χ0n) is 10.1. The fraction of sp³-hybridized carbons (Fsp3) is 1.00. The SMILES string of the molecule is CCCCC[C@H]1[C@H](C)CCC12OCCO2. The summed E-state index contributed by atoms with van der Waals surface area (Å²) in [5.41, 5.74) is 0. The van der Waals surface area contributed by atoms with Crippen molar-refractivity contribution in [3.8, 4) is 0 Å². The molecular weight excluding hydrogens is 188 g/mol. The summed E-state index contributed by atoms with van der Waals surface area (Å²) in [5.74, 6) is 1.25. The molecule has 1 aliphatic carbocycles. The van der Waals surface area contributed by atoms with Crippen LogP contribution in [0.4, 0.5) is 0 Å². The van der Waals surface area contributed by atoms with E-state index in [9.17, 15) is 0 Å². The summed E-state index contributed by atoms with van der Waals surface area (Å²) in [6.07, 6.45) is 7.66. The van der Waals surface area contributed by atoms with Crippen molar-refractivity contribution in [2.45, 2.75) is 58.2 Å². The van der Waals surface area contributed by atoms with Crippen LogP contribution in [0.25, 0.3) is 0 Å². The predicted octanol–water partition coefficient (Wildman–Crippen LogP) is 3.36. The summed E-state index contributed by atoms with van der Waals surface area (Å²) in [6, 6.07) is 0. The molecule has 0 bridgehead atoms. The summed E-state index contributed by atoms with van der Waals surface area (Å²) in [7, 11) is 0. The molecule has 0 N–H and O–H groups in total. The maximum Gasteiger partial charge on any atom is 0.171 e. The fourth-order valence-corrected chi connectivity index (χ4v) is 3.20. The summed E-state index contributed by atoms with van der Waals surface area (Å²) in [5, 5.41) is 0. The fourth-order valence-electron chi connectivity index (χ4n) is 3.20. The molecule has 0 aromatic heterocycles. The van der Waals surface area contributed by atoms with Crippen molar-refractivity contribution in [1.29, 1.82) is 0 Å². The Hall–Kier alpha value is -0.0800. The topological polar surface area (TPSA) is 18.5 Å². The molecule has 1 saturated heterocycles. The van der Waals surface area contributed by atoms with Crippen LogP contribution in [-0.4, -0.2) is 19.0 Å². The molecule has 2 atom stereocenters. The highest BCUT2D eigenvalue weighted by molar-refractivity contribution is 4.92. The van der Waals surface area contributed by atoms with Gasteiger partial charge in [0.15, 0.2) is 5.79 Å². The first kappa shape index (κ1) is 11.4. The molecule has 1 saturated carbocycles. The van der Waals surface area contributed by atoms with E-state index in [0.717, 1.165) is 25.6 Å². The van der Waals surface area contributed by atoms with Crippen molar-refractivity contribution < 1.29 is 9.47 Å². The van der Waals surface area contributed by atoms with Gasteiger partial charge in [0, 0.05) is 12.3 Å². The third-order valence-electron chi connectivity index (χ3n) is 4.09. The van der Waals surface area contributed by atoms with Gasteiger partial charge in [-0.3, -0.25) is 0 Å². The molecular formula is C13H24O2.